The monoisotopic (exact) mass is 390 g/mol. The first-order valence-electron chi connectivity index (χ1n) is 9.22. The molecule has 3 rings (SSSR count). The average molecular weight is 390 g/mol. The van der Waals surface area contributed by atoms with Gasteiger partial charge in [-0.2, -0.15) is 0 Å². The Hall–Kier alpha value is -3.54. The number of oxime groups is 1. The molecule has 1 aliphatic rings. The number of carbonyl (C=O) groups excluding carboxylic acids is 1. The zero-order valence-electron chi connectivity index (χ0n) is 16.5. The Balaban J connectivity index is 2.24. The summed E-state index contributed by atoms with van der Waals surface area (Å²) >= 11 is 0. The molecule has 0 unspecified atom stereocenters. The Morgan fingerprint density at radius 1 is 1.10 bits per heavy atom. The summed E-state index contributed by atoms with van der Waals surface area (Å²) in [5.74, 6) is -0.488. The Bertz CT molecular complexity index is 1040. The van der Waals surface area contributed by atoms with E-state index >= 15 is 0 Å². The first-order valence-corrected chi connectivity index (χ1v) is 9.22. The summed E-state index contributed by atoms with van der Waals surface area (Å²) in [6, 6.07) is 10.9. The highest BCUT2D eigenvalue weighted by Gasteiger charge is 2.42. The summed E-state index contributed by atoms with van der Waals surface area (Å²) in [4.78, 5) is 26.8. The van der Waals surface area contributed by atoms with Crippen molar-refractivity contribution in [2.75, 3.05) is 0 Å². The summed E-state index contributed by atoms with van der Waals surface area (Å²) in [6.07, 6.45) is 4.86. The Labute approximate surface area is 169 Å². The number of allylic oxidation sites excluding steroid dienone is 2. The van der Waals surface area contributed by atoms with Crippen molar-refractivity contribution in [2.45, 2.75) is 32.1 Å². The van der Waals surface area contributed by atoms with Crippen LogP contribution < -0.4 is 0 Å². The number of hydrogen-bond donors (Lipinski definition) is 0. The van der Waals surface area contributed by atoms with Gasteiger partial charge in [0.1, 0.15) is 0 Å². The second-order valence-corrected chi connectivity index (χ2v) is 7.07. The van der Waals surface area contributed by atoms with Crippen LogP contribution >= 0.6 is 0 Å². The molecule has 0 spiro atoms. The van der Waals surface area contributed by atoms with Gasteiger partial charge in [-0.1, -0.05) is 29.4 Å². The molecule has 0 radical (unpaired) electrons. The van der Waals surface area contributed by atoms with E-state index in [2.05, 4.69) is 18.3 Å². The normalized spacial score (nSPS) is 13.9. The quantitative estimate of drug-likeness (QED) is 0.211. The molecule has 0 bridgehead atoms. The summed E-state index contributed by atoms with van der Waals surface area (Å²) in [7, 11) is 0. The van der Waals surface area contributed by atoms with Crippen LogP contribution in [0.5, 0.6) is 0 Å². The van der Waals surface area contributed by atoms with Crippen molar-refractivity contribution in [2.24, 2.45) is 5.16 Å². The number of nitro benzene ring substituents is 1. The summed E-state index contributed by atoms with van der Waals surface area (Å²) in [6.45, 7) is 10.9. The predicted octanol–water partition coefficient (Wildman–Crippen LogP) is 5.30. The fourth-order valence-electron chi connectivity index (χ4n) is 4.02. The molecule has 0 atom stereocenters. The van der Waals surface area contributed by atoms with Gasteiger partial charge in [-0.15, -0.1) is 13.2 Å². The van der Waals surface area contributed by atoms with E-state index in [0.29, 0.717) is 18.6 Å². The molecule has 0 aromatic heterocycles. The van der Waals surface area contributed by atoms with Crippen molar-refractivity contribution in [1.29, 1.82) is 0 Å². The topological polar surface area (TPSA) is 81.8 Å². The van der Waals surface area contributed by atoms with Crippen LogP contribution in [0.15, 0.2) is 66.9 Å². The Kier molecular flexibility index (Phi) is 5.46. The van der Waals surface area contributed by atoms with Crippen LogP contribution in [0.25, 0.3) is 11.1 Å². The van der Waals surface area contributed by atoms with Gasteiger partial charge < -0.3 is 4.84 Å². The maximum atomic E-state index is 11.4. The lowest BCUT2D eigenvalue weighted by Gasteiger charge is -2.30. The number of fused-ring (bicyclic) bond motifs is 3. The van der Waals surface area contributed by atoms with E-state index in [4.69, 9.17) is 4.84 Å². The molecule has 2 aromatic carbocycles. The standard InChI is InChI=1S/C23H22N2O4/c1-5-11-23(12-6-2)21-13-17(15(3)24-29-16(4)26)7-9-19(21)20-10-8-18(25(27)28)14-22(20)23/h5-10,13-14H,1-2,11-12H2,3-4H3/b24-15-. The van der Waals surface area contributed by atoms with Crippen molar-refractivity contribution in [3.05, 3.63) is 88.5 Å². The average Bonchev–Trinajstić information content (AvgIpc) is 2.95. The SMILES string of the molecule is C=CCC1(CC=C)c2cc(/C(C)=N\OC(C)=O)ccc2-c2ccc([N+](=O)[O-])cc21. The lowest BCUT2D eigenvalue weighted by atomic mass is 9.72. The minimum Gasteiger partial charge on any atom is -0.318 e. The van der Waals surface area contributed by atoms with E-state index in [0.717, 1.165) is 27.8 Å². The van der Waals surface area contributed by atoms with Crippen molar-refractivity contribution < 1.29 is 14.6 Å². The van der Waals surface area contributed by atoms with Crippen LogP contribution in [0.3, 0.4) is 0 Å². The maximum Gasteiger partial charge on any atom is 0.331 e. The van der Waals surface area contributed by atoms with E-state index in [9.17, 15) is 14.9 Å². The number of non-ortho nitro benzene ring substituents is 1. The number of nitro groups is 1. The highest BCUT2D eigenvalue weighted by molar-refractivity contribution is 6.00. The minimum absolute atomic E-state index is 0.0573. The summed E-state index contributed by atoms with van der Waals surface area (Å²) in [5, 5.41) is 15.3. The van der Waals surface area contributed by atoms with E-state index in [1.807, 2.05) is 30.4 Å². The number of hydrogen-bond acceptors (Lipinski definition) is 5. The van der Waals surface area contributed by atoms with Gasteiger partial charge >= 0.3 is 5.97 Å². The first kappa shape index (κ1) is 20.2. The molecule has 6 nitrogen and oxygen atoms in total. The number of benzene rings is 2. The highest BCUT2D eigenvalue weighted by Crippen LogP contribution is 2.54. The molecule has 1 aliphatic carbocycles. The van der Waals surface area contributed by atoms with E-state index in [-0.39, 0.29) is 10.6 Å². The zero-order chi connectivity index (χ0) is 21.2. The van der Waals surface area contributed by atoms with Crippen LogP contribution in [0.1, 0.15) is 43.4 Å². The van der Waals surface area contributed by atoms with Gasteiger partial charge in [0.2, 0.25) is 0 Å². The van der Waals surface area contributed by atoms with Crippen LogP contribution in [-0.2, 0) is 15.0 Å². The van der Waals surface area contributed by atoms with Gasteiger partial charge in [-0.3, -0.25) is 10.1 Å². The van der Waals surface area contributed by atoms with Crippen molar-refractivity contribution in [3.8, 4) is 11.1 Å². The van der Waals surface area contributed by atoms with Crippen LogP contribution in [0, 0.1) is 10.1 Å². The fourth-order valence-corrected chi connectivity index (χ4v) is 4.02. The Morgan fingerprint density at radius 3 is 2.24 bits per heavy atom. The second kappa shape index (κ2) is 7.83. The second-order valence-electron chi connectivity index (χ2n) is 7.07. The highest BCUT2D eigenvalue weighted by atomic mass is 16.7. The number of nitrogens with zero attached hydrogens (tertiary/aromatic N) is 2. The number of rotatable bonds is 7. The summed E-state index contributed by atoms with van der Waals surface area (Å²) in [5.41, 5.74) is 4.84. The van der Waals surface area contributed by atoms with E-state index in [1.54, 1.807) is 19.1 Å². The molecule has 0 N–H and O–H groups in total. The lowest BCUT2D eigenvalue weighted by Crippen LogP contribution is -2.24. The molecule has 0 aliphatic heterocycles. The van der Waals surface area contributed by atoms with Crippen molar-refractivity contribution in [3.63, 3.8) is 0 Å². The Morgan fingerprint density at radius 2 is 1.69 bits per heavy atom. The largest absolute Gasteiger partial charge is 0.331 e. The molecule has 0 amide bonds. The van der Waals surface area contributed by atoms with Gasteiger partial charge in [-0.05, 0) is 59.7 Å². The third-order valence-electron chi connectivity index (χ3n) is 5.27. The molecule has 0 saturated heterocycles. The van der Waals surface area contributed by atoms with Crippen LogP contribution in [0.2, 0.25) is 0 Å². The van der Waals surface area contributed by atoms with Crippen LogP contribution in [0.4, 0.5) is 5.69 Å². The fraction of sp³-hybridized carbons (Fsp3) is 0.217. The third kappa shape index (κ3) is 3.49. The van der Waals surface area contributed by atoms with Gasteiger partial charge in [-0.25, -0.2) is 4.79 Å². The van der Waals surface area contributed by atoms with Gasteiger partial charge in [0.25, 0.3) is 5.69 Å². The molecule has 0 fully saturated rings. The molecule has 6 heteroatoms. The molecular formula is C23H22N2O4. The van der Waals surface area contributed by atoms with Gasteiger partial charge in [0.15, 0.2) is 0 Å². The maximum absolute atomic E-state index is 11.4. The first-order chi connectivity index (χ1) is 13.8. The lowest BCUT2D eigenvalue weighted by molar-refractivity contribution is -0.384. The van der Waals surface area contributed by atoms with E-state index < -0.39 is 11.4 Å². The van der Waals surface area contributed by atoms with E-state index in [1.165, 1.54) is 13.0 Å². The van der Waals surface area contributed by atoms with Gasteiger partial charge in [0.05, 0.1) is 10.6 Å². The minimum atomic E-state index is -0.502. The molecular weight excluding hydrogens is 368 g/mol. The third-order valence-corrected chi connectivity index (χ3v) is 5.27. The van der Waals surface area contributed by atoms with Crippen LogP contribution in [-0.4, -0.2) is 16.6 Å². The van der Waals surface area contributed by atoms with Crippen molar-refractivity contribution >= 4 is 17.4 Å². The van der Waals surface area contributed by atoms with Gasteiger partial charge in [0, 0.05) is 24.5 Å². The molecule has 0 saturated carbocycles. The zero-order valence-corrected chi connectivity index (χ0v) is 16.5. The molecule has 2 aromatic rings. The predicted molar refractivity (Wildman–Crippen MR) is 113 cm³/mol. The summed E-state index contributed by atoms with van der Waals surface area (Å²) < 4.78 is 0. The molecule has 29 heavy (non-hydrogen) atoms. The van der Waals surface area contributed by atoms with Crippen molar-refractivity contribution in [1.82, 2.24) is 0 Å². The number of carbonyl (C=O) groups is 1. The smallest absolute Gasteiger partial charge is 0.318 e. The molecule has 148 valence electrons. The molecule has 0 heterocycles.